The molecule has 1 heterocycles. The summed E-state index contributed by atoms with van der Waals surface area (Å²) in [5, 5.41) is 5.76. The van der Waals surface area contributed by atoms with Gasteiger partial charge in [-0.2, -0.15) is 11.8 Å². The molecule has 0 fully saturated rings. The summed E-state index contributed by atoms with van der Waals surface area (Å²) in [4.78, 5) is 40.5. The van der Waals surface area contributed by atoms with E-state index in [1.807, 2.05) is 23.3 Å². The fraction of sp³-hybridized carbons (Fsp3) is 0.560. The molecule has 0 bridgehead atoms. The lowest BCUT2D eigenvalue weighted by molar-refractivity contribution is -0.140. The summed E-state index contributed by atoms with van der Waals surface area (Å²) in [6.45, 7) is 3.31. The van der Waals surface area contributed by atoms with E-state index in [0.29, 0.717) is 26.1 Å². The first-order valence-corrected chi connectivity index (χ1v) is 13.0. The highest BCUT2D eigenvalue weighted by molar-refractivity contribution is 7.98. The molecule has 2 atom stereocenters. The molecule has 0 spiro atoms. The molecule has 0 saturated carbocycles. The van der Waals surface area contributed by atoms with Gasteiger partial charge in [0.25, 0.3) is 0 Å². The highest BCUT2D eigenvalue weighted by Crippen LogP contribution is 2.20. The van der Waals surface area contributed by atoms with E-state index in [1.54, 1.807) is 18.7 Å². The summed E-state index contributed by atoms with van der Waals surface area (Å²) < 4.78 is 0. The highest BCUT2D eigenvalue weighted by Gasteiger charge is 2.31. The van der Waals surface area contributed by atoms with Crippen LogP contribution in [0.25, 0.3) is 0 Å². The summed E-state index contributed by atoms with van der Waals surface area (Å²) in [5.41, 5.74) is 3.67. The number of amides is 3. The van der Waals surface area contributed by atoms with Crippen molar-refractivity contribution in [3.05, 3.63) is 47.0 Å². The average Bonchev–Trinajstić information content (AvgIpc) is 2.84. The number of nitrogens with one attached hydrogen (secondary N) is 2. The van der Waals surface area contributed by atoms with Gasteiger partial charge in [0.15, 0.2) is 0 Å². The molecule has 174 valence electrons. The van der Waals surface area contributed by atoms with Crippen molar-refractivity contribution in [1.29, 1.82) is 0 Å². The van der Waals surface area contributed by atoms with E-state index in [4.69, 9.17) is 0 Å². The first-order valence-electron chi connectivity index (χ1n) is 11.6. The van der Waals surface area contributed by atoms with Crippen molar-refractivity contribution in [1.82, 2.24) is 15.5 Å². The zero-order valence-electron chi connectivity index (χ0n) is 19.2. The molecule has 2 N–H and O–H groups in total. The van der Waals surface area contributed by atoms with Crippen LogP contribution in [0.5, 0.6) is 0 Å². The SMILES string of the molecule is CSCCC(NC(=O)C(C)C(=O)NCC1=CCCCC1)C(=O)N1CCc2ccccc2C1. The Kier molecular flexibility index (Phi) is 9.21. The smallest absolute Gasteiger partial charge is 0.245 e. The van der Waals surface area contributed by atoms with Gasteiger partial charge in [-0.25, -0.2) is 0 Å². The summed E-state index contributed by atoms with van der Waals surface area (Å²) in [6.07, 6.45) is 9.94. The molecule has 7 heteroatoms. The molecule has 2 aliphatic rings. The maximum Gasteiger partial charge on any atom is 0.245 e. The van der Waals surface area contributed by atoms with Crippen molar-refractivity contribution in [3.8, 4) is 0 Å². The molecule has 3 amide bonds. The van der Waals surface area contributed by atoms with Crippen molar-refractivity contribution in [2.75, 3.05) is 25.1 Å². The Morgan fingerprint density at radius 1 is 1.09 bits per heavy atom. The number of fused-ring (bicyclic) bond motifs is 1. The minimum absolute atomic E-state index is 0.0677. The number of thioether (sulfide) groups is 1. The lowest BCUT2D eigenvalue weighted by Crippen LogP contribution is -2.52. The second-order valence-corrected chi connectivity index (χ2v) is 9.65. The second-order valence-electron chi connectivity index (χ2n) is 8.67. The third-order valence-corrected chi connectivity index (χ3v) is 6.97. The lowest BCUT2D eigenvalue weighted by Gasteiger charge is -2.32. The quantitative estimate of drug-likeness (QED) is 0.441. The van der Waals surface area contributed by atoms with Crippen LogP contribution in [0.15, 0.2) is 35.9 Å². The zero-order valence-corrected chi connectivity index (χ0v) is 20.0. The number of benzene rings is 1. The topological polar surface area (TPSA) is 78.5 Å². The monoisotopic (exact) mass is 457 g/mol. The van der Waals surface area contributed by atoms with E-state index < -0.39 is 17.9 Å². The number of nitrogens with zero attached hydrogens (tertiary/aromatic N) is 1. The molecule has 1 aromatic carbocycles. The molecule has 1 aliphatic heterocycles. The number of rotatable bonds is 9. The van der Waals surface area contributed by atoms with Crippen LogP contribution < -0.4 is 10.6 Å². The molecule has 0 aromatic heterocycles. The van der Waals surface area contributed by atoms with Gasteiger partial charge in [-0.05, 0) is 68.6 Å². The molecular formula is C25H35N3O3S. The van der Waals surface area contributed by atoms with Crippen LogP contribution in [-0.4, -0.2) is 53.8 Å². The first kappa shape index (κ1) is 24.4. The number of carbonyl (C=O) groups excluding carboxylic acids is 3. The van der Waals surface area contributed by atoms with Gasteiger partial charge in [0, 0.05) is 19.6 Å². The summed E-state index contributed by atoms with van der Waals surface area (Å²) in [6, 6.07) is 7.56. The number of allylic oxidation sites excluding steroid dienone is 1. The van der Waals surface area contributed by atoms with E-state index in [-0.39, 0.29) is 11.8 Å². The minimum Gasteiger partial charge on any atom is -0.352 e. The van der Waals surface area contributed by atoms with Gasteiger partial charge in [-0.1, -0.05) is 35.9 Å². The van der Waals surface area contributed by atoms with Crippen molar-refractivity contribution in [2.45, 2.75) is 58.0 Å². The summed E-state index contributed by atoms with van der Waals surface area (Å²) in [7, 11) is 0. The lowest BCUT2D eigenvalue weighted by atomic mass is 9.99. The van der Waals surface area contributed by atoms with Crippen LogP contribution in [0.3, 0.4) is 0 Å². The molecule has 0 radical (unpaired) electrons. The van der Waals surface area contributed by atoms with E-state index in [9.17, 15) is 14.4 Å². The Morgan fingerprint density at radius 2 is 1.88 bits per heavy atom. The van der Waals surface area contributed by atoms with Crippen molar-refractivity contribution >= 4 is 29.5 Å². The van der Waals surface area contributed by atoms with Crippen LogP contribution in [0, 0.1) is 5.92 Å². The maximum absolute atomic E-state index is 13.3. The van der Waals surface area contributed by atoms with Gasteiger partial charge in [-0.15, -0.1) is 0 Å². The number of hydrogen-bond acceptors (Lipinski definition) is 4. The third-order valence-electron chi connectivity index (χ3n) is 6.33. The van der Waals surface area contributed by atoms with Gasteiger partial charge in [0.2, 0.25) is 17.7 Å². The summed E-state index contributed by atoms with van der Waals surface area (Å²) >= 11 is 1.64. The fourth-order valence-corrected chi connectivity index (χ4v) is 4.70. The second kappa shape index (κ2) is 12.1. The van der Waals surface area contributed by atoms with Gasteiger partial charge < -0.3 is 15.5 Å². The predicted octanol–water partition coefficient (Wildman–Crippen LogP) is 3.06. The molecule has 2 unspecified atom stereocenters. The summed E-state index contributed by atoms with van der Waals surface area (Å²) in [5.74, 6) is -0.836. The van der Waals surface area contributed by atoms with E-state index in [1.165, 1.54) is 17.6 Å². The maximum atomic E-state index is 13.3. The average molecular weight is 458 g/mol. The van der Waals surface area contributed by atoms with Crippen molar-refractivity contribution < 1.29 is 14.4 Å². The Hall–Kier alpha value is -2.28. The zero-order chi connectivity index (χ0) is 22.9. The third kappa shape index (κ3) is 6.61. The standard InChI is InChI=1S/C25H35N3O3S/c1-18(23(29)26-16-19-8-4-3-5-9-19)24(30)27-22(13-15-32-2)25(31)28-14-12-20-10-6-7-11-21(20)17-28/h6-8,10-11,18,22H,3-5,9,12-17H2,1-2H3,(H,26,29)(H,27,30). The molecular weight excluding hydrogens is 422 g/mol. The molecule has 32 heavy (non-hydrogen) atoms. The minimum atomic E-state index is -0.842. The molecule has 1 aromatic rings. The normalized spacial score (nSPS) is 17.6. The highest BCUT2D eigenvalue weighted by atomic mass is 32.2. The van der Waals surface area contributed by atoms with Crippen molar-refractivity contribution in [3.63, 3.8) is 0 Å². The largest absolute Gasteiger partial charge is 0.352 e. The van der Waals surface area contributed by atoms with Gasteiger partial charge >= 0.3 is 0 Å². The molecule has 3 rings (SSSR count). The van der Waals surface area contributed by atoms with Gasteiger partial charge in [-0.3, -0.25) is 14.4 Å². The Labute approximate surface area is 195 Å². The van der Waals surface area contributed by atoms with Crippen LogP contribution in [0.1, 0.15) is 50.2 Å². The van der Waals surface area contributed by atoms with Crippen LogP contribution >= 0.6 is 11.8 Å². The molecule has 0 saturated heterocycles. The molecule has 1 aliphatic carbocycles. The van der Waals surface area contributed by atoms with E-state index >= 15 is 0 Å². The Morgan fingerprint density at radius 3 is 2.59 bits per heavy atom. The predicted molar refractivity (Wildman–Crippen MR) is 129 cm³/mol. The Balaban J connectivity index is 1.57. The van der Waals surface area contributed by atoms with Crippen LogP contribution in [-0.2, 0) is 27.3 Å². The number of hydrogen-bond donors (Lipinski definition) is 2. The van der Waals surface area contributed by atoms with Crippen LogP contribution in [0.4, 0.5) is 0 Å². The van der Waals surface area contributed by atoms with E-state index in [2.05, 4.69) is 28.8 Å². The van der Waals surface area contributed by atoms with E-state index in [0.717, 1.165) is 37.0 Å². The molecule has 6 nitrogen and oxygen atoms in total. The van der Waals surface area contributed by atoms with Crippen molar-refractivity contribution in [2.24, 2.45) is 5.92 Å². The fourth-order valence-electron chi connectivity index (χ4n) is 4.23. The van der Waals surface area contributed by atoms with Gasteiger partial charge in [0.1, 0.15) is 12.0 Å². The Bertz CT molecular complexity index is 855. The first-order chi connectivity index (χ1) is 15.5. The van der Waals surface area contributed by atoms with Crippen LogP contribution in [0.2, 0.25) is 0 Å². The van der Waals surface area contributed by atoms with Gasteiger partial charge in [0.05, 0.1) is 0 Å². The number of carbonyl (C=O) groups is 3.